The Kier molecular flexibility index (Phi) is 3.89. The van der Waals surface area contributed by atoms with Crippen LogP contribution in [0.2, 0.25) is 0 Å². The molecule has 1 atom stereocenters. The minimum atomic E-state index is -4.59. The lowest BCUT2D eigenvalue weighted by Crippen LogP contribution is -2.29. The SMILES string of the molecule is CNC1CCN(c2ccc(C(N)=O)c(C(F)(F)F)c2)C1. The highest BCUT2D eigenvalue weighted by atomic mass is 19.4. The second-order valence-corrected chi connectivity index (χ2v) is 4.81. The van der Waals surface area contributed by atoms with Gasteiger partial charge in [-0.2, -0.15) is 13.2 Å². The van der Waals surface area contributed by atoms with E-state index >= 15 is 0 Å². The van der Waals surface area contributed by atoms with Gasteiger partial charge in [-0.05, 0) is 31.7 Å². The number of carbonyl (C=O) groups is 1. The Morgan fingerprint density at radius 2 is 2.15 bits per heavy atom. The first-order valence-corrected chi connectivity index (χ1v) is 6.26. The normalized spacial score (nSPS) is 19.4. The summed E-state index contributed by atoms with van der Waals surface area (Å²) in [6.07, 6.45) is -3.72. The molecule has 1 heterocycles. The monoisotopic (exact) mass is 287 g/mol. The van der Waals surface area contributed by atoms with Gasteiger partial charge in [0, 0.05) is 24.8 Å². The van der Waals surface area contributed by atoms with Gasteiger partial charge >= 0.3 is 6.18 Å². The maximum absolute atomic E-state index is 13.0. The van der Waals surface area contributed by atoms with Crippen LogP contribution in [0.5, 0.6) is 0 Å². The molecule has 110 valence electrons. The minimum absolute atomic E-state index is 0.264. The topological polar surface area (TPSA) is 58.4 Å². The Morgan fingerprint density at radius 3 is 2.65 bits per heavy atom. The number of likely N-dealkylation sites (N-methyl/N-ethyl adjacent to an activating group) is 1. The number of primary amides is 1. The van der Waals surface area contributed by atoms with Crippen LogP contribution in [0.4, 0.5) is 18.9 Å². The summed E-state index contributed by atoms with van der Waals surface area (Å²) in [5.41, 5.74) is 3.98. The van der Waals surface area contributed by atoms with Gasteiger partial charge in [-0.25, -0.2) is 0 Å². The summed E-state index contributed by atoms with van der Waals surface area (Å²) < 4.78 is 38.9. The van der Waals surface area contributed by atoms with Crippen molar-refractivity contribution in [2.75, 3.05) is 25.0 Å². The fourth-order valence-corrected chi connectivity index (χ4v) is 2.41. The number of nitrogens with one attached hydrogen (secondary N) is 1. The van der Waals surface area contributed by atoms with E-state index in [0.717, 1.165) is 18.6 Å². The Labute approximate surface area is 114 Å². The van der Waals surface area contributed by atoms with Gasteiger partial charge in [0.05, 0.1) is 11.1 Å². The lowest BCUT2D eigenvalue weighted by Gasteiger charge is -2.21. The van der Waals surface area contributed by atoms with Crippen LogP contribution < -0.4 is 16.0 Å². The molecule has 0 bridgehead atoms. The Morgan fingerprint density at radius 1 is 1.45 bits per heavy atom. The molecule has 0 spiro atoms. The first kappa shape index (κ1) is 14.6. The average Bonchev–Trinajstić information content (AvgIpc) is 2.85. The maximum atomic E-state index is 13.0. The lowest BCUT2D eigenvalue weighted by molar-refractivity contribution is -0.137. The van der Waals surface area contributed by atoms with Crippen LogP contribution in [0.1, 0.15) is 22.3 Å². The molecule has 1 saturated heterocycles. The van der Waals surface area contributed by atoms with E-state index in [1.54, 1.807) is 0 Å². The molecule has 1 aromatic rings. The standard InChI is InChI=1S/C13H16F3N3O/c1-18-8-4-5-19(7-8)9-2-3-10(12(17)20)11(6-9)13(14,15)16/h2-3,6,8,18H,4-5,7H2,1H3,(H2,17,20). The number of carbonyl (C=O) groups excluding carboxylic acids is 1. The van der Waals surface area contributed by atoms with Crippen molar-refractivity contribution in [2.24, 2.45) is 5.73 Å². The fraction of sp³-hybridized carbons (Fsp3) is 0.462. The zero-order valence-electron chi connectivity index (χ0n) is 11.0. The number of hydrogen-bond donors (Lipinski definition) is 2. The van der Waals surface area contributed by atoms with E-state index in [1.807, 2.05) is 11.9 Å². The summed E-state index contributed by atoms with van der Waals surface area (Å²) in [5, 5.41) is 3.10. The number of amides is 1. The fourth-order valence-electron chi connectivity index (χ4n) is 2.41. The van der Waals surface area contributed by atoms with E-state index in [2.05, 4.69) is 5.32 Å². The number of benzene rings is 1. The molecule has 0 aliphatic carbocycles. The van der Waals surface area contributed by atoms with E-state index in [1.165, 1.54) is 6.07 Å². The van der Waals surface area contributed by atoms with Gasteiger partial charge in [-0.3, -0.25) is 4.79 Å². The van der Waals surface area contributed by atoms with Crippen LogP contribution in [0.3, 0.4) is 0 Å². The third kappa shape index (κ3) is 2.87. The number of nitrogens with two attached hydrogens (primary N) is 1. The number of halogens is 3. The summed E-state index contributed by atoms with van der Waals surface area (Å²) in [7, 11) is 1.82. The highest BCUT2D eigenvalue weighted by Crippen LogP contribution is 2.35. The van der Waals surface area contributed by atoms with Crippen molar-refractivity contribution < 1.29 is 18.0 Å². The van der Waals surface area contributed by atoms with Gasteiger partial charge in [0.25, 0.3) is 0 Å². The molecule has 0 aromatic heterocycles. The van der Waals surface area contributed by atoms with Crippen LogP contribution in [-0.4, -0.2) is 32.1 Å². The number of anilines is 1. The Balaban J connectivity index is 2.35. The third-order valence-corrected chi connectivity index (χ3v) is 3.54. The first-order valence-electron chi connectivity index (χ1n) is 6.26. The van der Waals surface area contributed by atoms with Crippen molar-refractivity contribution in [3.8, 4) is 0 Å². The van der Waals surface area contributed by atoms with E-state index < -0.39 is 23.2 Å². The van der Waals surface area contributed by atoms with Crippen molar-refractivity contribution in [1.82, 2.24) is 5.32 Å². The second-order valence-electron chi connectivity index (χ2n) is 4.81. The minimum Gasteiger partial charge on any atom is -0.370 e. The number of hydrogen-bond acceptors (Lipinski definition) is 3. The summed E-state index contributed by atoms with van der Waals surface area (Å²) in [6, 6.07) is 3.92. The molecular formula is C13H16F3N3O. The predicted molar refractivity (Wildman–Crippen MR) is 69.6 cm³/mol. The smallest absolute Gasteiger partial charge is 0.370 e. The molecule has 1 unspecified atom stereocenters. The molecule has 1 fully saturated rings. The molecule has 2 rings (SSSR count). The zero-order chi connectivity index (χ0) is 14.9. The summed E-state index contributed by atoms with van der Waals surface area (Å²) in [6.45, 7) is 1.32. The second kappa shape index (κ2) is 5.32. The summed E-state index contributed by atoms with van der Waals surface area (Å²) in [5.74, 6) is -1.07. The van der Waals surface area contributed by atoms with Gasteiger partial charge in [0.2, 0.25) is 5.91 Å². The van der Waals surface area contributed by atoms with Gasteiger partial charge in [-0.1, -0.05) is 0 Å². The van der Waals surface area contributed by atoms with E-state index in [0.29, 0.717) is 18.8 Å². The quantitative estimate of drug-likeness (QED) is 0.888. The molecule has 0 saturated carbocycles. The zero-order valence-corrected chi connectivity index (χ0v) is 11.0. The van der Waals surface area contributed by atoms with Crippen LogP contribution >= 0.6 is 0 Å². The number of alkyl halides is 3. The predicted octanol–water partition coefficient (Wildman–Crippen LogP) is 1.60. The molecule has 1 aromatic carbocycles. The Bertz CT molecular complexity index is 516. The van der Waals surface area contributed by atoms with Gasteiger partial charge in [-0.15, -0.1) is 0 Å². The largest absolute Gasteiger partial charge is 0.417 e. The highest BCUT2D eigenvalue weighted by Gasteiger charge is 2.35. The highest BCUT2D eigenvalue weighted by molar-refractivity contribution is 5.95. The van der Waals surface area contributed by atoms with Crippen molar-refractivity contribution in [1.29, 1.82) is 0 Å². The molecule has 1 amide bonds. The van der Waals surface area contributed by atoms with Crippen molar-refractivity contribution in [3.05, 3.63) is 29.3 Å². The van der Waals surface area contributed by atoms with Gasteiger partial charge < -0.3 is 16.0 Å². The average molecular weight is 287 g/mol. The van der Waals surface area contributed by atoms with Crippen molar-refractivity contribution >= 4 is 11.6 Å². The van der Waals surface area contributed by atoms with Gasteiger partial charge in [0.15, 0.2) is 0 Å². The van der Waals surface area contributed by atoms with Crippen LogP contribution in [0.25, 0.3) is 0 Å². The summed E-state index contributed by atoms with van der Waals surface area (Å²) >= 11 is 0. The molecule has 1 aliphatic rings. The van der Waals surface area contributed by atoms with E-state index in [-0.39, 0.29) is 6.04 Å². The maximum Gasteiger partial charge on any atom is 0.417 e. The Hall–Kier alpha value is -1.76. The lowest BCUT2D eigenvalue weighted by atomic mass is 10.1. The summed E-state index contributed by atoms with van der Waals surface area (Å²) in [4.78, 5) is 13.0. The molecule has 3 N–H and O–H groups in total. The van der Waals surface area contributed by atoms with E-state index in [4.69, 9.17) is 5.73 Å². The van der Waals surface area contributed by atoms with Gasteiger partial charge in [0.1, 0.15) is 0 Å². The first-order chi connectivity index (χ1) is 9.32. The molecule has 1 aliphatic heterocycles. The third-order valence-electron chi connectivity index (χ3n) is 3.54. The molecular weight excluding hydrogens is 271 g/mol. The number of nitrogens with zero attached hydrogens (tertiary/aromatic N) is 1. The van der Waals surface area contributed by atoms with E-state index in [9.17, 15) is 18.0 Å². The van der Waals surface area contributed by atoms with Crippen LogP contribution in [0, 0.1) is 0 Å². The van der Waals surface area contributed by atoms with Crippen LogP contribution in [0.15, 0.2) is 18.2 Å². The molecule has 0 radical (unpaired) electrons. The molecule has 20 heavy (non-hydrogen) atoms. The molecule has 7 heteroatoms. The molecule has 4 nitrogen and oxygen atoms in total. The van der Waals surface area contributed by atoms with Crippen molar-refractivity contribution in [2.45, 2.75) is 18.6 Å². The van der Waals surface area contributed by atoms with Crippen LogP contribution in [-0.2, 0) is 6.18 Å². The van der Waals surface area contributed by atoms with Crippen molar-refractivity contribution in [3.63, 3.8) is 0 Å². The number of rotatable bonds is 3.